The molecule has 1 unspecified atom stereocenters. The van der Waals surface area contributed by atoms with E-state index in [0.29, 0.717) is 13.1 Å². The van der Waals surface area contributed by atoms with Gasteiger partial charge in [0, 0.05) is 18.4 Å². The second kappa shape index (κ2) is 5.94. The number of rotatable bonds is 3. The number of amides is 1. The Labute approximate surface area is 127 Å². The molecule has 2 heterocycles. The number of carbonyl (C=O) groups excluding carboxylic acids is 1. The Morgan fingerprint density at radius 3 is 3.00 bits per heavy atom. The molecule has 1 atom stereocenters. The van der Waals surface area contributed by atoms with Gasteiger partial charge in [-0.05, 0) is 37.3 Å². The van der Waals surface area contributed by atoms with Crippen LogP contribution in [0.15, 0.2) is 11.4 Å². The smallest absolute Gasteiger partial charge is 0.264 e. The van der Waals surface area contributed by atoms with Crippen LogP contribution in [0.2, 0.25) is 0 Å². The van der Waals surface area contributed by atoms with Gasteiger partial charge in [0.05, 0.1) is 16.6 Å². The van der Waals surface area contributed by atoms with E-state index in [4.69, 9.17) is 4.74 Å². The molecule has 1 aromatic heterocycles. The minimum atomic E-state index is -0.282. The summed E-state index contributed by atoms with van der Waals surface area (Å²) in [7, 11) is 0. The molecule has 5 heteroatoms. The summed E-state index contributed by atoms with van der Waals surface area (Å²) in [6.07, 6.45) is 0.970. The molecule has 1 aliphatic heterocycles. The number of morpholine rings is 1. The first-order chi connectivity index (χ1) is 8.96. The molecule has 3 nitrogen and oxygen atoms in total. The average Bonchev–Trinajstić information content (AvgIpc) is 2.84. The molecule has 1 fully saturated rings. The summed E-state index contributed by atoms with van der Waals surface area (Å²) in [5.74, 6) is 0.147. The van der Waals surface area contributed by atoms with Crippen LogP contribution in [0.5, 0.6) is 0 Å². The molecule has 1 saturated heterocycles. The van der Waals surface area contributed by atoms with E-state index in [9.17, 15) is 4.79 Å². The average molecular weight is 346 g/mol. The summed E-state index contributed by atoms with van der Waals surface area (Å²) in [5.41, 5.74) is 0.866. The summed E-state index contributed by atoms with van der Waals surface area (Å²) in [6, 6.07) is 2.05. The van der Waals surface area contributed by atoms with Crippen molar-refractivity contribution in [3.63, 3.8) is 0 Å². The van der Waals surface area contributed by atoms with Gasteiger partial charge in [-0.1, -0.05) is 22.9 Å². The molecular formula is C14H20BrNO2S. The SMILES string of the molecule is CCc1ccsc1C(=O)N1CC(CBr)OC(C)(C)C1. The van der Waals surface area contributed by atoms with Crippen molar-refractivity contribution >= 4 is 33.2 Å². The van der Waals surface area contributed by atoms with Crippen molar-refractivity contribution < 1.29 is 9.53 Å². The Morgan fingerprint density at radius 2 is 2.37 bits per heavy atom. The minimum Gasteiger partial charge on any atom is -0.368 e. The summed E-state index contributed by atoms with van der Waals surface area (Å²) < 4.78 is 5.94. The first-order valence-electron chi connectivity index (χ1n) is 6.56. The van der Waals surface area contributed by atoms with Gasteiger partial charge in [0.2, 0.25) is 0 Å². The molecular weight excluding hydrogens is 326 g/mol. The third-order valence-corrected chi connectivity index (χ3v) is 4.93. The van der Waals surface area contributed by atoms with Crippen molar-refractivity contribution in [3.05, 3.63) is 21.9 Å². The molecule has 19 heavy (non-hydrogen) atoms. The summed E-state index contributed by atoms with van der Waals surface area (Å²) in [4.78, 5) is 15.5. The van der Waals surface area contributed by atoms with Crippen molar-refractivity contribution in [2.45, 2.75) is 38.9 Å². The van der Waals surface area contributed by atoms with E-state index in [1.165, 1.54) is 0 Å². The topological polar surface area (TPSA) is 29.5 Å². The number of ether oxygens (including phenoxy) is 1. The van der Waals surface area contributed by atoms with Crippen LogP contribution in [0.1, 0.15) is 36.0 Å². The first-order valence-corrected chi connectivity index (χ1v) is 8.56. The molecule has 0 aliphatic carbocycles. The van der Waals surface area contributed by atoms with Crippen molar-refractivity contribution in [1.29, 1.82) is 0 Å². The zero-order valence-corrected chi connectivity index (χ0v) is 14.0. The van der Waals surface area contributed by atoms with Crippen LogP contribution < -0.4 is 0 Å². The Balaban J connectivity index is 2.18. The zero-order chi connectivity index (χ0) is 14.0. The largest absolute Gasteiger partial charge is 0.368 e. The van der Waals surface area contributed by atoms with Gasteiger partial charge in [0.25, 0.3) is 5.91 Å². The number of nitrogens with zero attached hydrogens (tertiary/aromatic N) is 1. The van der Waals surface area contributed by atoms with Crippen LogP contribution >= 0.6 is 27.3 Å². The van der Waals surface area contributed by atoms with E-state index >= 15 is 0 Å². The van der Waals surface area contributed by atoms with Crippen molar-refractivity contribution in [2.24, 2.45) is 0 Å². The molecule has 1 aromatic rings. The van der Waals surface area contributed by atoms with Crippen molar-refractivity contribution in [1.82, 2.24) is 4.90 Å². The highest BCUT2D eigenvalue weighted by Gasteiger charge is 2.36. The molecule has 2 rings (SSSR count). The fraction of sp³-hybridized carbons (Fsp3) is 0.643. The summed E-state index contributed by atoms with van der Waals surface area (Å²) in [6.45, 7) is 7.48. The van der Waals surface area contributed by atoms with Gasteiger partial charge in [-0.15, -0.1) is 11.3 Å². The third kappa shape index (κ3) is 3.38. The van der Waals surface area contributed by atoms with E-state index in [0.717, 1.165) is 22.2 Å². The summed E-state index contributed by atoms with van der Waals surface area (Å²) >= 11 is 5.00. The Morgan fingerprint density at radius 1 is 1.63 bits per heavy atom. The van der Waals surface area contributed by atoms with E-state index in [1.54, 1.807) is 11.3 Å². The lowest BCUT2D eigenvalue weighted by Crippen LogP contribution is -2.55. The molecule has 1 amide bonds. The standard InChI is InChI=1S/C14H20BrNO2S/c1-4-10-5-6-19-12(10)13(17)16-8-11(7-15)18-14(2,3)9-16/h5-6,11H,4,7-9H2,1-3H3. The van der Waals surface area contributed by atoms with Crippen LogP contribution in [0.3, 0.4) is 0 Å². The van der Waals surface area contributed by atoms with Gasteiger partial charge in [-0.3, -0.25) is 4.79 Å². The molecule has 0 spiro atoms. The van der Waals surface area contributed by atoms with E-state index in [1.807, 2.05) is 30.2 Å². The van der Waals surface area contributed by atoms with Gasteiger partial charge in [-0.2, -0.15) is 0 Å². The van der Waals surface area contributed by atoms with E-state index in [-0.39, 0.29) is 17.6 Å². The lowest BCUT2D eigenvalue weighted by molar-refractivity contribution is -0.116. The van der Waals surface area contributed by atoms with Crippen LogP contribution in [0.25, 0.3) is 0 Å². The number of alkyl halides is 1. The quantitative estimate of drug-likeness (QED) is 0.786. The number of thiophene rings is 1. The number of aryl methyl sites for hydroxylation is 1. The van der Waals surface area contributed by atoms with Crippen LogP contribution in [-0.4, -0.2) is 40.9 Å². The molecule has 0 N–H and O–H groups in total. The lowest BCUT2D eigenvalue weighted by atomic mass is 10.0. The number of halogens is 1. The molecule has 0 saturated carbocycles. The molecule has 106 valence electrons. The van der Waals surface area contributed by atoms with E-state index < -0.39 is 0 Å². The fourth-order valence-electron chi connectivity index (χ4n) is 2.48. The third-order valence-electron chi connectivity index (χ3n) is 3.26. The van der Waals surface area contributed by atoms with Crippen molar-refractivity contribution in [3.8, 4) is 0 Å². The lowest BCUT2D eigenvalue weighted by Gasteiger charge is -2.42. The number of hydrogen-bond acceptors (Lipinski definition) is 3. The highest BCUT2D eigenvalue weighted by Crippen LogP contribution is 2.26. The minimum absolute atomic E-state index is 0.0674. The van der Waals surface area contributed by atoms with Crippen LogP contribution in [0.4, 0.5) is 0 Å². The zero-order valence-electron chi connectivity index (χ0n) is 11.6. The Hall–Kier alpha value is -0.390. The fourth-order valence-corrected chi connectivity index (χ4v) is 3.78. The monoisotopic (exact) mass is 345 g/mol. The normalized spacial score (nSPS) is 22.5. The second-order valence-electron chi connectivity index (χ2n) is 5.47. The number of hydrogen-bond donors (Lipinski definition) is 0. The predicted octanol–water partition coefficient (Wildman–Crippen LogP) is 3.33. The maximum Gasteiger partial charge on any atom is 0.264 e. The molecule has 0 bridgehead atoms. The maximum absolute atomic E-state index is 12.7. The van der Waals surface area contributed by atoms with Gasteiger partial charge < -0.3 is 9.64 Å². The first kappa shape index (κ1) is 15.0. The molecule has 0 aromatic carbocycles. The van der Waals surface area contributed by atoms with Gasteiger partial charge in [0.15, 0.2) is 0 Å². The van der Waals surface area contributed by atoms with E-state index in [2.05, 4.69) is 22.9 Å². The maximum atomic E-state index is 12.7. The Bertz CT molecular complexity index is 458. The van der Waals surface area contributed by atoms with Gasteiger partial charge in [0.1, 0.15) is 0 Å². The number of carbonyl (C=O) groups is 1. The van der Waals surface area contributed by atoms with Crippen LogP contribution in [0, 0.1) is 0 Å². The molecule has 0 radical (unpaired) electrons. The van der Waals surface area contributed by atoms with Crippen molar-refractivity contribution in [2.75, 3.05) is 18.4 Å². The highest BCUT2D eigenvalue weighted by atomic mass is 79.9. The Kier molecular flexibility index (Phi) is 4.69. The summed E-state index contributed by atoms with van der Waals surface area (Å²) in [5, 5.41) is 2.75. The predicted molar refractivity (Wildman–Crippen MR) is 82.3 cm³/mol. The van der Waals surface area contributed by atoms with Crippen LogP contribution in [-0.2, 0) is 11.2 Å². The highest BCUT2D eigenvalue weighted by molar-refractivity contribution is 9.09. The van der Waals surface area contributed by atoms with Gasteiger partial charge >= 0.3 is 0 Å². The second-order valence-corrected chi connectivity index (χ2v) is 7.03. The van der Waals surface area contributed by atoms with Gasteiger partial charge in [-0.25, -0.2) is 0 Å². The molecule has 1 aliphatic rings.